The highest BCUT2D eigenvalue weighted by Gasteiger charge is 2.25. The average Bonchev–Trinajstić information content (AvgIpc) is 3.45. The number of carboxylic acid groups (broad SMARTS) is 2. The molecule has 2 atom stereocenters. The highest BCUT2D eigenvalue weighted by molar-refractivity contribution is 8.00. The van der Waals surface area contributed by atoms with Crippen LogP contribution in [0.3, 0.4) is 0 Å². The van der Waals surface area contributed by atoms with Gasteiger partial charge in [0.25, 0.3) is 0 Å². The van der Waals surface area contributed by atoms with Crippen molar-refractivity contribution >= 4 is 52.4 Å². The number of rotatable bonds is 19. The van der Waals surface area contributed by atoms with Crippen LogP contribution in [0.5, 0.6) is 0 Å². The second-order valence-corrected chi connectivity index (χ2v) is 13.5. The van der Waals surface area contributed by atoms with Crippen molar-refractivity contribution in [3.63, 3.8) is 0 Å². The summed E-state index contributed by atoms with van der Waals surface area (Å²) in [6.07, 6.45) is 5.03. The van der Waals surface area contributed by atoms with Gasteiger partial charge in [0.2, 0.25) is 11.9 Å². The molecule has 1 saturated heterocycles. The van der Waals surface area contributed by atoms with Gasteiger partial charge in [-0.3, -0.25) is 24.2 Å². The minimum atomic E-state index is -1.19. The average molecular weight is 684 g/mol. The number of nitrogens with two attached hydrogens (primary N) is 2. The van der Waals surface area contributed by atoms with Crippen LogP contribution in [0.2, 0.25) is 0 Å². The number of anilines is 2. The molecule has 8 N–H and O–H groups in total. The Morgan fingerprint density at radius 2 is 1.77 bits per heavy atom. The molecule has 0 saturated carbocycles. The maximum Gasteiger partial charge on any atom is 0.321 e. The smallest absolute Gasteiger partial charge is 0.321 e. The van der Waals surface area contributed by atoms with Crippen molar-refractivity contribution in [2.75, 3.05) is 62.6 Å². The van der Waals surface area contributed by atoms with Crippen LogP contribution in [0.4, 0.5) is 11.8 Å². The zero-order chi connectivity index (χ0) is 34.6. The number of carbonyl (C=O) groups is 3. The Balaban J connectivity index is 1.25. The van der Waals surface area contributed by atoms with Gasteiger partial charge in [-0.15, -0.1) is 11.8 Å². The Labute approximate surface area is 285 Å². The first-order valence-corrected chi connectivity index (χ1v) is 17.6. The van der Waals surface area contributed by atoms with Gasteiger partial charge in [0.05, 0.1) is 17.2 Å². The number of benzene rings is 1. The summed E-state index contributed by atoms with van der Waals surface area (Å²) in [6.45, 7) is 11.3. The van der Waals surface area contributed by atoms with Crippen LogP contribution in [0.1, 0.15) is 49.3 Å². The van der Waals surface area contributed by atoms with Gasteiger partial charge < -0.3 is 36.9 Å². The number of amides is 1. The summed E-state index contributed by atoms with van der Waals surface area (Å²) in [5.74, 6) is -1.73. The molecule has 1 aliphatic heterocycles. The second-order valence-electron chi connectivity index (χ2n) is 12.3. The Bertz CT molecular complexity index is 1540. The lowest BCUT2D eigenvalue weighted by molar-refractivity contribution is -0.138. The maximum atomic E-state index is 12.6. The fraction of sp³-hybridized carbons (Fsp3) is 0.545. The van der Waals surface area contributed by atoms with E-state index in [1.807, 2.05) is 12.3 Å². The van der Waals surface area contributed by atoms with Gasteiger partial charge in [0.15, 0.2) is 5.82 Å². The minimum absolute atomic E-state index is 0.0433. The number of fused-ring (bicyclic) bond motifs is 1. The van der Waals surface area contributed by atoms with Crippen LogP contribution in [-0.2, 0) is 27.5 Å². The van der Waals surface area contributed by atoms with Crippen molar-refractivity contribution in [2.24, 2.45) is 5.73 Å². The summed E-state index contributed by atoms with van der Waals surface area (Å²) in [5, 5.41) is 23.5. The predicted molar refractivity (Wildman–Crippen MR) is 189 cm³/mol. The molecule has 1 amide bonds. The molecule has 262 valence electrons. The molecule has 4 rings (SSSR count). The maximum absolute atomic E-state index is 12.6. The lowest BCUT2D eigenvalue weighted by atomic mass is 10.0. The largest absolute Gasteiger partial charge is 0.481 e. The highest BCUT2D eigenvalue weighted by atomic mass is 32.2. The van der Waals surface area contributed by atoms with Crippen LogP contribution in [0, 0.1) is 6.92 Å². The Kier molecular flexibility index (Phi) is 13.8. The SMILES string of the molecule is CCCCCNc1nc(N)nc2ccn(Cc3ccc(CN4CCN(CCNC(=O)C(CC(=O)O)SC[C@H](N)C(=O)O)CC4)cc3C)c12. The second kappa shape index (κ2) is 18.0. The van der Waals surface area contributed by atoms with Crippen LogP contribution < -0.4 is 22.1 Å². The molecule has 3 heterocycles. The fourth-order valence-electron chi connectivity index (χ4n) is 5.74. The van der Waals surface area contributed by atoms with Crippen molar-refractivity contribution in [2.45, 2.75) is 63.9 Å². The van der Waals surface area contributed by atoms with Crippen molar-refractivity contribution < 1.29 is 24.6 Å². The summed E-state index contributed by atoms with van der Waals surface area (Å²) in [5.41, 5.74) is 17.0. The monoisotopic (exact) mass is 683 g/mol. The zero-order valence-electron chi connectivity index (χ0n) is 27.9. The number of aliphatic carboxylic acids is 2. The highest BCUT2D eigenvalue weighted by Crippen LogP contribution is 2.25. The number of nitrogens with one attached hydrogen (secondary N) is 2. The topological polar surface area (TPSA) is 205 Å². The molecule has 3 aromatic rings. The van der Waals surface area contributed by atoms with E-state index in [9.17, 15) is 19.5 Å². The molecule has 0 radical (unpaired) electrons. The quantitative estimate of drug-likeness (QED) is 0.100. The summed E-state index contributed by atoms with van der Waals surface area (Å²) in [4.78, 5) is 48.5. The van der Waals surface area contributed by atoms with Crippen LogP contribution in [-0.4, -0.2) is 115 Å². The number of unbranched alkanes of at least 4 members (excludes halogenated alkanes) is 2. The molecule has 15 heteroatoms. The number of aryl methyl sites for hydroxylation is 1. The number of nitrogen functional groups attached to an aromatic ring is 1. The molecule has 1 unspecified atom stereocenters. The molecule has 48 heavy (non-hydrogen) atoms. The van der Waals surface area contributed by atoms with Gasteiger partial charge in [0.1, 0.15) is 11.6 Å². The standard InChI is InChI=1S/C33H49N9O5S/c1-3-4-5-9-36-30-29-26(38-33(35)39-30)8-11-42(29)20-24-7-6-23(17-22(24)2)19-41-15-13-40(14-16-41)12-10-37-31(45)27(18-28(43)44)48-21-25(34)32(46)47/h6-8,11,17,25,27H,3-5,9-10,12-16,18-21,34H2,1-2H3,(H,37,45)(H,43,44)(H,46,47)(H3,35,36,38,39)/t25-,27?/m0/s1. The Morgan fingerprint density at radius 3 is 2.46 bits per heavy atom. The van der Waals surface area contributed by atoms with Crippen molar-refractivity contribution in [1.82, 2.24) is 29.7 Å². The molecular formula is C33H49N9O5S. The van der Waals surface area contributed by atoms with E-state index >= 15 is 0 Å². The van der Waals surface area contributed by atoms with Crippen LogP contribution in [0.25, 0.3) is 11.0 Å². The summed E-state index contributed by atoms with van der Waals surface area (Å²) >= 11 is 0.957. The number of hydrogen-bond acceptors (Lipinski definition) is 11. The molecule has 1 aromatic carbocycles. The number of thioether (sulfide) groups is 1. The first-order chi connectivity index (χ1) is 23.0. The molecular weight excluding hydrogens is 634 g/mol. The van der Waals surface area contributed by atoms with Crippen molar-refractivity contribution in [3.05, 3.63) is 47.2 Å². The minimum Gasteiger partial charge on any atom is -0.481 e. The number of carboxylic acids is 2. The number of nitrogens with zero attached hydrogens (tertiary/aromatic N) is 5. The third-order valence-corrected chi connectivity index (χ3v) is 9.83. The number of carbonyl (C=O) groups excluding carboxylic acids is 1. The molecule has 0 spiro atoms. The van der Waals surface area contributed by atoms with E-state index in [0.717, 1.165) is 87.1 Å². The lowest BCUT2D eigenvalue weighted by Crippen LogP contribution is -2.48. The van der Waals surface area contributed by atoms with E-state index in [1.54, 1.807) is 0 Å². The van der Waals surface area contributed by atoms with Gasteiger partial charge in [-0.1, -0.05) is 38.0 Å². The predicted octanol–water partition coefficient (Wildman–Crippen LogP) is 2.19. The molecule has 1 fully saturated rings. The van der Waals surface area contributed by atoms with E-state index < -0.39 is 35.6 Å². The summed E-state index contributed by atoms with van der Waals surface area (Å²) < 4.78 is 2.18. The van der Waals surface area contributed by atoms with Gasteiger partial charge >= 0.3 is 11.9 Å². The third-order valence-electron chi connectivity index (χ3n) is 8.49. The first kappa shape index (κ1) is 36.9. The molecule has 2 aromatic heterocycles. The van der Waals surface area contributed by atoms with Crippen molar-refractivity contribution in [3.8, 4) is 0 Å². The zero-order valence-corrected chi connectivity index (χ0v) is 28.7. The van der Waals surface area contributed by atoms with E-state index in [1.165, 1.54) is 16.7 Å². The van der Waals surface area contributed by atoms with E-state index in [4.69, 9.17) is 16.6 Å². The van der Waals surface area contributed by atoms with Crippen LogP contribution in [0.15, 0.2) is 30.5 Å². The Hall–Kier alpha value is -3.92. The molecule has 1 aliphatic rings. The number of piperazine rings is 1. The lowest BCUT2D eigenvalue weighted by Gasteiger charge is -2.34. The van der Waals surface area contributed by atoms with E-state index in [-0.39, 0.29) is 11.7 Å². The summed E-state index contributed by atoms with van der Waals surface area (Å²) in [6, 6.07) is 7.49. The first-order valence-electron chi connectivity index (χ1n) is 16.5. The summed E-state index contributed by atoms with van der Waals surface area (Å²) in [7, 11) is 0. The van der Waals surface area contributed by atoms with Gasteiger partial charge in [-0.25, -0.2) is 4.98 Å². The molecule has 0 bridgehead atoms. The number of aromatic nitrogens is 3. The molecule has 0 aliphatic carbocycles. The van der Waals surface area contributed by atoms with Crippen LogP contribution >= 0.6 is 11.8 Å². The van der Waals surface area contributed by atoms with Gasteiger partial charge in [-0.05, 0) is 36.1 Å². The fourth-order valence-corrected chi connectivity index (χ4v) is 6.81. The third kappa shape index (κ3) is 10.8. The van der Waals surface area contributed by atoms with Gasteiger partial charge in [0, 0.05) is 70.9 Å². The van der Waals surface area contributed by atoms with E-state index in [0.29, 0.717) is 19.6 Å². The Morgan fingerprint density at radius 1 is 1.02 bits per heavy atom. The number of hydrogen-bond donors (Lipinski definition) is 6. The van der Waals surface area contributed by atoms with Crippen molar-refractivity contribution in [1.29, 1.82) is 0 Å². The van der Waals surface area contributed by atoms with E-state index in [2.05, 4.69) is 67.0 Å². The normalized spacial score (nSPS) is 15.3. The van der Waals surface area contributed by atoms with Gasteiger partial charge in [-0.2, -0.15) is 4.98 Å². The molecule has 14 nitrogen and oxygen atoms in total.